The Bertz CT molecular complexity index is 872. The second kappa shape index (κ2) is 7.91. The van der Waals surface area contributed by atoms with Crippen LogP contribution < -0.4 is 11.1 Å². The zero-order valence-electron chi connectivity index (χ0n) is 13.2. The molecule has 0 aliphatic carbocycles. The van der Waals surface area contributed by atoms with Gasteiger partial charge in [0.1, 0.15) is 10.3 Å². The highest BCUT2D eigenvalue weighted by molar-refractivity contribution is 9.10. The maximum Gasteiger partial charge on any atom is 0.258 e. The Balaban J connectivity index is 2.55. The predicted molar refractivity (Wildman–Crippen MR) is 104 cm³/mol. The highest BCUT2D eigenvalue weighted by Gasteiger charge is 2.26. The van der Waals surface area contributed by atoms with Crippen LogP contribution in [0.3, 0.4) is 0 Å². The Morgan fingerprint density at radius 3 is 2.36 bits per heavy atom. The number of pyridine rings is 1. The number of nitrogens with zero attached hydrogens (tertiary/aromatic N) is 1. The molecule has 0 unspecified atom stereocenters. The van der Waals surface area contributed by atoms with E-state index in [9.17, 15) is 9.59 Å². The van der Waals surface area contributed by atoms with Gasteiger partial charge in [-0.25, -0.2) is 4.98 Å². The van der Waals surface area contributed by atoms with Gasteiger partial charge < -0.3 is 11.1 Å². The van der Waals surface area contributed by atoms with E-state index in [1.54, 1.807) is 12.1 Å². The van der Waals surface area contributed by atoms with Crippen LogP contribution in [0.2, 0.25) is 15.3 Å². The third-order valence-corrected chi connectivity index (χ3v) is 4.92. The lowest BCUT2D eigenvalue weighted by atomic mass is 10.0. The second-order valence-electron chi connectivity index (χ2n) is 5.46. The van der Waals surface area contributed by atoms with Gasteiger partial charge in [-0.05, 0) is 29.7 Å². The van der Waals surface area contributed by atoms with Crippen LogP contribution >= 0.6 is 50.7 Å². The Labute approximate surface area is 168 Å². The van der Waals surface area contributed by atoms with Crippen molar-refractivity contribution in [3.63, 3.8) is 0 Å². The van der Waals surface area contributed by atoms with Gasteiger partial charge in [-0.1, -0.05) is 64.6 Å². The smallest absolute Gasteiger partial charge is 0.258 e. The number of primary amides is 1. The van der Waals surface area contributed by atoms with E-state index in [1.165, 1.54) is 0 Å². The van der Waals surface area contributed by atoms with Crippen molar-refractivity contribution in [1.29, 1.82) is 0 Å². The first kappa shape index (κ1) is 20.0. The molecule has 2 amide bonds. The van der Waals surface area contributed by atoms with Gasteiger partial charge in [0.05, 0.1) is 16.1 Å². The minimum atomic E-state index is -0.930. The number of carbonyl (C=O) groups is 2. The largest absolute Gasteiger partial charge is 0.365 e. The highest BCUT2D eigenvalue weighted by atomic mass is 79.9. The summed E-state index contributed by atoms with van der Waals surface area (Å²) in [5.74, 6) is -1.45. The number of rotatable bonds is 4. The fourth-order valence-corrected chi connectivity index (χ4v) is 3.35. The Hall–Kier alpha value is -1.34. The molecule has 0 bridgehead atoms. The van der Waals surface area contributed by atoms with Crippen LogP contribution in [0.4, 0.5) is 5.69 Å². The molecule has 0 saturated carbocycles. The summed E-state index contributed by atoms with van der Waals surface area (Å²) >= 11 is 21.3. The number of halogens is 4. The zero-order valence-corrected chi connectivity index (χ0v) is 17.0. The fraction of sp³-hybridized carbons (Fsp3) is 0.188. The molecule has 1 aromatic carbocycles. The van der Waals surface area contributed by atoms with Gasteiger partial charge in [0.25, 0.3) is 11.8 Å². The van der Waals surface area contributed by atoms with Crippen molar-refractivity contribution in [2.24, 2.45) is 5.73 Å². The number of hydrogen-bond donors (Lipinski definition) is 2. The predicted octanol–water partition coefficient (Wildman–Crippen LogP) is 5.28. The molecule has 2 aromatic rings. The Kier molecular flexibility index (Phi) is 6.32. The van der Waals surface area contributed by atoms with Crippen LogP contribution in [0.25, 0.3) is 0 Å². The third kappa shape index (κ3) is 4.26. The van der Waals surface area contributed by atoms with Gasteiger partial charge >= 0.3 is 0 Å². The minimum Gasteiger partial charge on any atom is -0.365 e. The molecule has 0 aliphatic rings. The maximum atomic E-state index is 12.8. The summed E-state index contributed by atoms with van der Waals surface area (Å²) in [7, 11) is 0. The van der Waals surface area contributed by atoms with Crippen LogP contribution in [0.5, 0.6) is 0 Å². The molecule has 0 atom stereocenters. The number of hydrogen-bond acceptors (Lipinski definition) is 3. The number of benzene rings is 1. The van der Waals surface area contributed by atoms with E-state index < -0.39 is 11.8 Å². The van der Waals surface area contributed by atoms with Gasteiger partial charge in [0, 0.05) is 10.2 Å². The average Bonchev–Trinajstić information content (AvgIpc) is 2.51. The lowest BCUT2D eigenvalue weighted by Crippen LogP contribution is -2.23. The molecule has 0 radical (unpaired) electrons. The summed E-state index contributed by atoms with van der Waals surface area (Å²) in [6, 6.07) is 5.41. The molecule has 25 heavy (non-hydrogen) atoms. The number of amides is 2. The topological polar surface area (TPSA) is 85.1 Å². The number of anilines is 1. The van der Waals surface area contributed by atoms with Crippen molar-refractivity contribution in [3.05, 3.63) is 54.7 Å². The van der Waals surface area contributed by atoms with E-state index in [2.05, 4.69) is 26.2 Å². The number of carbonyl (C=O) groups excluding carboxylic acids is 2. The van der Waals surface area contributed by atoms with Gasteiger partial charge in [-0.15, -0.1) is 0 Å². The number of nitrogens with one attached hydrogen (secondary N) is 1. The molecule has 2 rings (SSSR count). The third-order valence-electron chi connectivity index (χ3n) is 3.41. The van der Waals surface area contributed by atoms with Crippen molar-refractivity contribution in [2.45, 2.75) is 19.8 Å². The van der Waals surface area contributed by atoms with E-state index in [0.29, 0.717) is 5.69 Å². The van der Waals surface area contributed by atoms with Crippen LogP contribution in [0, 0.1) is 0 Å². The van der Waals surface area contributed by atoms with Gasteiger partial charge in [0.15, 0.2) is 0 Å². The summed E-state index contributed by atoms with van der Waals surface area (Å²) in [6.07, 6.45) is 0. The quantitative estimate of drug-likeness (QED) is 0.603. The monoisotopic (exact) mass is 463 g/mol. The molecular weight excluding hydrogens is 452 g/mol. The zero-order chi connectivity index (χ0) is 18.9. The summed E-state index contributed by atoms with van der Waals surface area (Å²) in [5.41, 5.74) is 6.28. The molecule has 0 saturated heterocycles. The van der Waals surface area contributed by atoms with Gasteiger partial charge in [-0.3, -0.25) is 9.59 Å². The van der Waals surface area contributed by atoms with E-state index in [0.717, 1.165) is 10.0 Å². The van der Waals surface area contributed by atoms with Crippen molar-refractivity contribution >= 4 is 68.2 Å². The van der Waals surface area contributed by atoms with Crippen molar-refractivity contribution in [3.8, 4) is 0 Å². The Morgan fingerprint density at radius 2 is 1.80 bits per heavy atom. The first-order valence-corrected chi connectivity index (χ1v) is 9.01. The lowest BCUT2D eigenvalue weighted by molar-refractivity contribution is 0.0977. The Morgan fingerprint density at radius 1 is 1.16 bits per heavy atom. The maximum absolute atomic E-state index is 12.8. The van der Waals surface area contributed by atoms with Crippen LogP contribution in [-0.4, -0.2) is 16.8 Å². The highest BCUT2D eigenvalue weighted by Crippen LogP contribution is 2.33. The van der Waals surface area contributed by atoms with E-state index in [4.69, 9.17) is 40.5 Å². The minimum absolute atomic E-state index is 0.142. The molecule has 9 heteroatoms. The second-order valence-corrected chi connectivity index (χ2v) is 7.47. The molecule has 0 aliphatic heterocycles. The molecule has 1 aromatic heterocycles. The number of nitrogens with two attached hydrogens (primary N) is 1. The van der Waals surface area contributed by atoms with Crippen molar-refractivity contribution < 1.29 is 9.59 Å². The van der Waals surface area contributed by atoms with Crippen LogP contribution in [0.15, 0.2) is 22.7 Å². The van der Waals surface area contributed by atoms with Gasteiger partial charge in [0.2, 0.25) is 0 Å². The normalized spacial score (nSPS) is 10.8. The van der Waals surface area contributed by atoms with Crippen molar-refractivity contribution in [1.82, 2.24) is 4.98 Å². The standard InChI is InChI=1S/C16H13BrCl3N3O2/c1-6(2)8-5-7(17)3-4-9(8)22-16(25)10-11(15(21)24)13(19)23-14(20)12(10)18/h3-6H,1-2H3,(H2,21,24)(H,22,25). The molecular formula is C16H13BrCl3N3O2. The first-order chi connectivity index (χ1) is 11.6. The van der Waals surface area contributed by atoms with E-state index in [1.807, 2.05) is 19.9 Å². The summed E-state index contributed by atoms with van der Waals surface area (Å²) < 4.78 is 0.875. The molecule has 3 N–H and O–H groups in total. The van der Waals surface area contributed by atoms with Crippen LogP contribution in [-0.2, 0) is 0 Å². The molecule has 132 valence electrons. The summed E-state index contributed by atoms with van der Waals surface area (Å²) in [6.45, 7) is 3.97. The van der Waals surface area contributed by atoms with Crippen LogP contribution in [0.1, 0.15) is 46.0 Å². The summed E-state index contributed by atoms with van der Waals surface area (Å²) in [4.78, 5) is 28.2. The molecule has 0 spiro atoms. The van der Waals surface area contributed by atoms with Gasteiger partial charge in [-0.2, -0.15) is 0 Å². The molecule has 1 heterocycles. The first-order valence-electron chi connectivity index (χ1n) is 7.08. The molecule has 5 nitrogen and oxygen atoms in total. The fourth-order valence-electron chi connectivity index (χ4n) is 2.26. The van der Waals surface area contributed by atoms with E-state index >= 15 is 0 Å². The number of aromatic nitrogens is 1. The molecule has 0 fully saturated rings. The van der Waals surface area contributed by atoms with E-state index in [-0.39, 0.29) is 32.4 Å². The van der Waals surface area contributed by atoms with Crippen molar-refractivity contribution in [2.75, 3.05) is 5.32 Å². The average molecular weight is 466 g/mol. The lowest BCUT2D eigenvalue weighted by Gasteiger charge is -2.16. The SMILES string of the molecule is CC(C)c1cc(Br)ccc1NC(=O)c1c(Cl)c(Cl)nc(Cl)c1C(N)=O. The summed E-state index contributed by atoms with van der Waals surface area (Å²) in [5, 5.41) is 2.06.